The fourth-order valence-corrected chi connectivity index (χ4v) is 4.72. The molecule has 138 valence electrons. The van der Waals surface area contributed by atoms with E-state index in [1.165, 1.54) is 27.1 Å². The van der Waals surface area contributed by atoms with E-state index in [4.69, 9.17) is 9.15 Å². The Kier molecular flexibility index (Phi) is 4.64. The van der Waals surface area contributed by atoms with Gasteiger partial charge in [0.15, 0.2) is 11.8 Å². The smallest absolute Gasteiger partial charge is 0.309 e. The molecule has 0 bridgehead atoms. The number of nitrogens with zero attached hydrogens (tertiary/aromatic N) is 3. The molecule has 0 aromatic carbocycles. The molecule has 4 rings (SSSR count). The summed E-state index contributed by atoms with van der Waals surface area (Å²) in [6, 6.07) is 3.62. The summed E-state index contributed by atoms with van der Waals surface area (Å²) < 4.78 is 12.3. The summed E-state index contributed by atoms with van der Waals surface area (Å²) in [5, 5.41) is 14.7. The molecule has 8 nitrogen and oxygen atoms in total. The van der Waals surface area contributed by atoms with Gasteiger partial charge in [-0.3, -0.25) is 4.79 Å². The fraction of sp³-hybridized carbons (Fsp3) is 0.471. The number of furan rings is 1. The Bertz CT molecular complexity index is 880. The van der Waals surface area contributed by atoms with Crippen molar-refractivity contribution < 1.29 is 24.0 Å². The lowest BCUT2D eigenvalue weighted by atomic mass is 9.95. The number of aromatic nitrogens is 3. The number of quaternary nitrogens is 1. The van der Waals surface area contributed by atoms with Crippen LogP contribution in [-0.4, -0.2) is 45.4 Å². The maximum atomic E-state index is 12.0. The fourth-order valence-electron chi connectivity index (χ4n) is 3.63. The maximum Gasteiger partial charge on any atom is 0.309 e. The highest BCUT2D eigenvalue weighted by molar-refractivity contribution is 7.17. The summed E-state index contributed by atoms with van der Waals surface area (Å²) in [7, 11) is 0. The predicted molar refractivity (Wildman–Crippen MR) is 93.1 cm³/mol. The van der Waals surface area contributed by atoms with Crippen molar-refractivity contribution in [3.8, 4) is 5.88 Å². The second-order valence-electron chi connectivity index (χ2n) is 6.38. The Hall–Kier alpha value is -2.39. The maximum absolute atomic E-state index is 12.0. The minimum Gasteiger partial charge on any atom is -0.492 e. The van der Waals surface area contributed by atoms with Crippen LogP contribution in [0.5, 0.6) is 5.88 Å². The summed E-state index contributed by atoms with van der Waals surface area (Å²) in [5.41, 5.74) is 0. The molecule has 3 aromatic rings. The Labute approximate surface area is 154 Å². The summed E-state index contributed by atoms with van der Waals surface area (Å²) >= 11 is 1.41. The number of hydrogen-bond acceptors (Lipinski definition) is 7. The first kappa shape index (κ1) is 17.0. The molecule has 0 unspecified atom stereocenters. The minimum absolute atomic E-state index is 0.0492. The highest BCUT2D eigenvalue weighted by Gasteiger charge is 2.38. The monoisotopic (exact) mass is 377 g/mol. The molecule has 9 heteroatoms. The van der Waals surface area contributed by atoms with Crippen LogP contribution >= 0.6 is 11.3 Å². The molecule has 0 spiro atoms. The van der Waals surface area contributed by atoms with Gasteiger partial charge < -0.3 is 19.2 Å². The molecule has 1 saturated heterocycles. The Balaban J connectivity index is 1.60. The zero-order valence-corrected chi connectivity index (χ0v) is 15.2. The molecule has 1 aliphatic rings. The summed E-state index contributed by atoms with van der Waals surface area (Å²) in [6.45, 7) is 3.83. The van der Waals surface area contributed by atoms with Gasteiger partial charge in [0.2, 0.25) is 10.8 Å². The van der Waals surface area contributed by atoms with Crippen molar-refractivity contribution >= 4 is 22.3 Å². The van der Waals surface area contributed by atoms with Crippen LogP contribution in [0.15, 0.2) is 29.1 Å². The van der Waals surface area contributed by atoms with Crippen molar-refractivity contribution in [1.29, 1.82) is 0 Å². The van der Waals surface area contributed by atoms with Crippen molar-refractivity contribution in [3.63, 3.8) is 0 Å². The van der Waals surface area contributed by atoms with E-state index in [1.807, 2.05) is 19.1 Å². The van der Waals surface area contributed by atoms with Crippen LogP contribution in [0.3, 0.4) is 0 Å². The number of thiazole rings is 1. The number of carbonyl (C=O) groups excluding carboxylic acids is 1. The van der Waals surface area contributed by atoms with Crippen LogP contribution < -0.4 is 4.90 Å². The molecule has 0 aliphatic carbocycles. The van der Waals surface area contributed by atoms with Gasteiger partial charge >= 0.3 is 5.97 Å². The average Bonchev–Trinajstić information content (AvgIpc) is 3.37. The Morgan fingerprint density at radius 2 is 2.35 bits per heavy atom. The number of carbonyl (C=O) groups is 1. The lowest BCUT2D eigenvalue weighted by molar-refractivity contribution is -0.931. The van der Waals surface area contributed by atoms with Gasteiger partial charge in [0.25, 0.3) is 0 Å². The van der Waals surface area contributed by atoms with E-state index in [1.54, 1.807) is 6.26 Å². The molecular weight excluding hydrogens is 356 g/mol. The first-order valence-corrected chi connectivity index (χ1v) is 9.56. The van der Waals surface area contributed by atoms with Crippen molar-refractivity contribution in [2.24, 2.45) is 5.92 Å². The number of piperidine rings is 1. The third-order valence-electron chi connectivity index (χ3n) is 4.88. The van der Waals surface area contributed by atoms with Crippen LogP contribution in [0.2, 0.25) is 0 Å². The van der Waals surface area contributed by atoms with Gasteiger partial charge in [-0.2, -0.15) is 9.61 Å². The molecule has 0 amide bonds. The molecule has 0 saturated carbocycles. The van der Waals surface area contributed by atoms with E-state index in [0.717, 1.165) is 36.6 Å². The van der Waals surface area contributed by atoms with E-state index in [0.29, 0.717) is 11.6 Å². The van der Waals surface area contributed by atoms with Crippen molar-refractivity contribution in [3.05, 3.63) is 35.4 Å². The zero-order chi connectivity index (χ0) is 18.1. The number of ether oxygens (including phenoxy) is 1. The molecule has 0 radical (unpaired) electrons. The van der Waals surface area contributed by atoms with Gasteiger partial charge in [-0.25, -0.2) is 4.98 Å². The molecule has 4 heterocycles. The van der Waals surface area contributed by atoms with Crippen LogP contribution in [0.1, 0.15) is 36.4 Å². The molecule has 1 fully saturated rings. The van der Waals surface area contributed by atoms with Crippen LogP contribution in [0.25, 0.3) is 4.96 Å². The van der Waals surface area contributed by atoms with Gasteiger partial charge in [-0.15, -0.1) is 0 Å². The van der Waals surface area contributed by atoms with E-state index < -0.39 is 0 Å². The molecule has 2 N–H and O–H groups in total. The van der Waals surface area contributed by atoms with Crippen molar-refractivity contribution in [2.75, 3.05) is 19.7 Å². The predicted octanol–water partition coefficient (Wildman–Crippen LogP) is 1.04. The lowest BCUT2D eigenvalue weighted by Crippen LogP contribution is -3.13. The second kappa shape index (κ2) is 7.08. The van der Waals surface area contributed by atoms with Gasteiger partial charge in [0.1, 0.15) is 11.2 Å². The summed E-state index contributed by atoms with van der Waals surface area (Å²) in [4.78, 5) is 18.9. The number of likely N-dealkylation sites (tertiary alicyclic amines) is 1. The number of rotatable bonds is 5. The van der Waals surface area contributed by atoms with E-state index in [-0.39, 0.29) is 23.8 Å². The van der Waals surface area contributed by atoms with Gasteiger partial charge in [0.05, 0.1) is 31.9 Å². The quantitative estimate of drug-likeness (QED) is 0.645. The SMILES string of the molecule is CCOC(=O)C1CC[NH+]([C@@H](c2ccco2)c2sc3ncnn3c2O)CC1. The number of esters is 1. The van der Waals surface area contributed by atoms with Crippen LogP contribution in [0, 0.1) is 5.92 Å². The first-order valence-electron chi connectivity index (χ1n) is 8.75. The number of nitrogens with one attached hydrogen (secondary N) is 1. The second-order valence-corrected chi connectivity index (χ2v) is 7.39. The van der Waals surface area contributed by atoms with E-state index >= 15 is 0 Å². The zero-order valence-electron chi connectivity index (χ0n) is 14.4. The van der Waals surface area contributed by atoms with Gasteiger partial charge in [0, 0.05) is 12.8 Å². The average molecular weight is 377 g/mol. The lowest BCUT2D eigenvalue weighted by Gasteiger charge is -2.32. The highest BCUT2D eigenvalue weighted by atomic mass is 32.1. The van der Waals surface area contributed by atoms with E-state index in [2.05, 4.69) is 10.1 Å². The largest absolute Gasteiger partial charge is 0.492 e. The Morgan fingerprint density at radius 1 is 1.54 bits per heavy atom. The standard InChI is InChI=1S/C17H20N4O4S/c1-2-24-16(23)11-5-7-20(8-6-11)13(12-4-3-9-25-12)14-15(22)21-17(26-14)18-10-19-21/h3-4,9-11,13,22H,2,5-8H2,1H3/p+1/t13-/m0/s1. The third-order valence-corrected chi connectivity index (χ3v) is 5.98. The van der Waals surface area contributed by atoms with E-state index in [9.17, 15) is 9.90 Å². The Morgan fingerprint density at radius 3 is 3.00 bits per heavy atom. The highest BCUT2D eigenvalue weighted by Crippen LogP contribution is 2.35. The topological polar surface area (TPSA) is 94.3 Å². The third kappa shape index (κ3) is 2.97. The van der Waals surface area contributed by atoms with Gasteiger partial charge in [-0.05, 0) is 19.1 Å². The molecule has 26 heavy (non-hydrogen) atoms. The number of aromatic hydroxyl groups is 1. The molecule has 1 aliphatic heterocycles. The van der Waals surface area contributed by atoms with Crippen LogP contribution in [0.4, 0.5) is 0 Å². The molecular formula is C17H21N4O4S+. The normalized spacial score (nSPS) is 21.7. The van der Waals surface area contributed by atoms with Crippen molar-refractivity contribution in [2.45, 2.75) is 25.8 Å². The van der Waals surface area contributed by atoms with Gasteiger partial charge in [-0.1, -0.05) is 11.3 Å². The molecule has 1 atom stereocenters. The number of fused-ring (bicyclic) bond motifs is 1. The summed E-state index contributed by atoms with van der Waals surface area (Å²) in [5.74, 6) is 0.730. The minimum atomic E-state index is -0.151. The first-order chi connectivity index (χ1) is 12.7. The number of hydrogen-bond donors (Lipinski definition) is 2. The molecule has 3 aromatic heterocycles. The summed E-state index contributed by atoms with van der Waals surface area (Å²) in [6.07, 6.45) is 4.58. The van der Waals surface area contributed by atoms with Crippen molar-refractivity contribution in [1.82, 2.24) is 14.6 Å². The van der Waals surface area contributed by atoms with Crippen LogP contribution in [-0.2, 0) is 9.53 Å².